The van der Waals surface area contributed by atoms with E-state index in [0.717, 1.165) is 37.4 Å². The van der Waals surface area contributed by atoms with E-state index < -0.39 is 0 Å². The van der Waals surface area contributed by atoms with E-state index in [2.05, 4.69) is 38.1 Å². The van der Waals surface area contributed by atoms with Crippen molar-refractivity contribution in [1.82, 2.24) is 0 Å². The second kappa shape index (κ2) is 5.72. The maximum absolute atomic E-state index is 9.77. The van der Waals surface area contributed by atoms with Crippen molar-refractivity contribution < 1.29 is 4.74 Å². The summed E-state index contributed by atoms with van der Waals surface area (Å²) in [4.78, 5) is 0. The molecule has 21 heavy (non-hydrogen) atoms. The molecule has 3 rings (SSSR count). The van der Waals surface area contributed by atoms with Crippen molar-refractivity contribution in [2.24, 2.45) is 11.3 Å². The predicted molar refractivity (Wildman–Crippen MR) is 84.2 cm³/mol. The zero-order valence-electron chi connectivity index (χ0n) is 13.2. The van der Waals surface area contributed by atoms with Gasteiger partial charge in [0.25, 0.3) is 0 Å². The highest BCUT2D eigenvalue weighted by Gasteiger charge is 2.40. The molecule has 0 amide bonds. The minimum absolute atomic E-state index is 0.152. The quantitative estimate of drug-likeness (QED) is 0.798. The van der Waals surface area contributed by atoms with Crippen molar-refractivity contribution in [3.05, 3.63) is 29.3 Å². The predicted octanol–water partition coefficient (Wildman–Crippen LogP) is 4.80. The van der Waals surface area contributed by atoms with Crippen LogP contribution in [0.5, 0.6) is 5.75 Å². The standard InChI is InChI=1S/C19H25NO/c1-3-15-5-4-8-19(11-15,13-20)12-17-10-16-9-14(2)6-7-18(16)21-17/h6-7,9,15,17H,3-5,8,10-12H2,1-2H3. The van der Waals surface area contributed by atoms with E-state index in [9.17, 15) is 5.26 Å². The van der Waals surface area contributed by atoms with Crippen LogP contribution in [0.1, 0.15) is 56.6 Å². The van der Waals surface area contributed by atoms with Gasteiger partial charge in [-0.2, -0.15) is 5.26 Å². The van der Waals surface area contributed by atoms with Crippen LogP contribution in [0, 0.1) is 29.6 Å². The molecule has 0 radical (unpaired) electrons. The number of hydrogen-bond donors (Lipinski definition) is 0. The van der Waals surface area contributed by atoms with Crippen LogP contribution in [0.3, 0.4) is 0 Å². The van der Waals surface area contributed by atoms with E-state index in [1.165, 1.54) is 30.4 Å². The van der Waals surface area contributed by atoms with Crippen LogP contribution in [0.2, 0.25) is 0 Å². The number of nitrogens with zero attached hydrogens (tertiary/aromatic N) is 1. The molecule has 0 saturated heterocycles. The molecule has 112 valence electrons. The van der Waals surface area contributed by atoms with Crippen LogP contribution < -0.4 is 4.74 Å². The third kappa shape index (κ3) is 2.93. The minimum atomic E-state index is -0.152. The Bertz CT molecular complexity index is 559. The summed E-state index contributed by atoms with van der Waals surface area (Å²) in [5, 5.41) is 9.77. The fourth-order valence-electron chi connectivity index (χ4n) is 4.17. The smallest absolute Gasteiger partial charge is 0.123 e. The number of benzene rings is 1. The highest BCUT2D eigenvalue weighted by atomic mass is 16.5. The molecule has 3 unspecified atom stereocenters. The second-order valence-electron chi connectivity index (χ2n) is 7.02. The summed E-state index contributed by atoms with van der Waals surface area (Å²) in [6, 6.07) is 9.08. The lowest BCUT2D eigenvalue weighted by Gasteiger charge is -2.36. The van der Waals surface area contributed by atoms with Gasteiger partial charge in [-0.05, 0) is 37.3 Å². The van der Waals surface area contributed by atoms with Crippen LogP contribution in [-0.2, 0) is 6.42 Å². The van der Waals surface area contributed by atoms with Gasteiger partial charge in [0.15, 0.2) is 0 Å². The monoisotopic (exact) mass is 283 g/mol. The molecule has 1 aliphatic carbocycles. The zero-order valence-corrected chi connectivity index (χ0v) is 13.2. The SMILES string of the molecule is CCC1CCCC(C#N)(CC2Cc3cc(C)ccc3O2)C1. The average Bonchev–Trinajstić information content (AvgIpc) is 2.88. The molecule has 2 aliphatic rings. The number of ether oxygens (including phenoxy) is 1. The van der Waals surface area contributed by atoms with Crippen LogP contribution in [-0.4, -0.2) is 6.10 Å². The Labute approximate surface area is 128 Å². The molecule has 1 aromatic carbocycles. The van der Waals surface area contributed by atoms with Gasteiger partial charge in [0.2, 0.25) is 0 Å². The molecule has 2 nitrogen and oxygen atoms in total. The summed E-state index contributed by atoms with van der Waals surface area (Å²) in [5.74, 6) is 1.76. The largest absolute Gasteiger partial charge is 0.490 e. The number of rotatable bonds is 3. The second-order valence-corrected chi connectivity index (χ2v) is 7.02. The molecular weight excluding hydrogens is 258 g/mol. The van der Waals surface area contributed by atoms with Gasteiger partial charge < -0.3 is 4.74 Å². The Hall–Kier alpha value is -1.49. The lowest BCUT2D eigenvalue weighted by molar-refractivity contribution is 0.113. The first-order chi connectivity index (χ1) is 10.1. The fourth-order valence-corrected chi connectivity index (χ4v) is 4.17. The molecule has 1 aromatic rings. The molecular formula is C19H25NO. The first kappa shape index (κ1) is 14.4. The van der Waals surface area contributed by atoms with Gasteiger partial charge in [-0.3, -0.25) is 0 Å². The first-order valence-corrected chi connectivity index (χ1v) is 8.31. The molecule has 1 heterocycles. The molecule has 1 saturated carbocycles. The van der Waals surface area contributed by atoms with Crippen molar-refractivity contribution in [3.8, 4) is 11.8 Å². The summed E-state index contributed by atoms with van der Waals surface area (Å²) in [7, 11) is 0. The number of hydrogen-bond acceptors (Lipinski definition) is 2. The van der Waals surface area contributed by atoms with Crippen LogP contribution in [0.15, 0.2) is 18.2 Å². The van der Waals surface area contributed by atoms with E-state index in [1.54, 1.807) is 0 Å². The fraction of sp³-hybridized carbons (Fsp3) is 0.632. The Balaban J connectivity index is 1.70. The Kier molecular flexibility index (Phi) is 3.93. The number of nitriles is 1. The van der Waals surface area contributed by atoms with Gasteiger partial charge in [0, 0.05) is 12.8 Å². The van der Waals surface area contributed by atoms with Crippen molar-refractivity contribution in [2.75, 3.05) is 0 Å². The summed E-state index contributed by atoms with van der Waals surface area (Å²) in [6.45, 7) is 4.38. The number of aryl methyl sites for hydroxylation is 1. The molecule has 0 bridgehead atoms. The van der Waals surface area contributed by atoms with Gasteiger partial charge in [0.05, 0.1) is 11.5 Å². The van der Waals surface area contributed by atoms with E-state index in [1.807, 2.05) is 0 Å². The van der Waals surface area contributed by atoms with Crippen LogP contribution in [0.25, 0.3) is 0 Å². The summed E-state index contributed by atoms with van der Waals surface area (Å²) in [5.41, 5.74) is 2.45. The van der Waals surface area contributed by atoms with Crippen LogP contribution >= 0.6 is 0 Å². The summed E-state index contributed by atoms with van der Waals surface area (Å²) in [6.07, 6.45) is 7.87. The van der Waals surface area contributed by atoms with Gasteiger partial charge in [0.1, 0.15) is 11.9 Å². The zero-order chi connectivity index (χ0) is 14.9. The molecule has 1 aliphatic heterocycles. The van der Waals surface area contributed by atoms with Crippen molar-refractivity contribution in [3.63, 3.8) is 0 Å². The van der Waals surface area contributed by atoms with Gasteiger partial charge in [-0.1, -0.05) is 43.9 Å². The first-order valence-electron chi connectivity index (χ1n) is 8.31. The number of fused-ring (bicyclic) bond motifs is 1. The van der Waals surface area contributed by atoms with E-state index in [-0.39, 0.29) is 11.5 Å². The molecule has 0 N–H and O–H groups in total. The molecule has 0 spiro atoms. The third-order valence-corrected chi connectivity index (χ3v) is 5.34. The highest BCUT2D eigenvalue weighted by Crippen LogP contribution is 2.45. The van der Waals surface area contributed by atoms with Gasteiger partial charge in [-0.15, -0.1) is 0 Å². The van der Waals surface area contributed by atoms with Crippen LogP contribution in [0.4, 0.5) is 0 Å². The molecule has 3 atom stereocenters. The van der Waals surface area contributed by atoms with Gasteiger partial charge >= 0.3 is 0 Å². The van der Waals surface area contributed by atoms with E-state index >= 15 is 0 Å². The maximum atomic E-state index is 9.77. The van der Waals surface area contributed by atoms with E-state index in [0.29, 0.717) is 0 Å². The Morgan fingerprint density at radius 3 is 3.05 bits per heavy atom. The Morgan fingerprint density at radius 1 is 1.43 bits per heavy atom. The summed E-state index contributed by atoms with van der Waals surface area (Å²) < 4.78 is 6.11. The third-order valence-electron chi connectivity index (χ3n) is 5.34. The molecule has 2 heteroatoms. The molecule has 0 aromatic heterocycles. The normalized spacial score (nSPS) is 31.3. The Morgan fingerprint density at radius 2 is 2.29 bits per heavy atom. The average molecular weight is 283 g/mol. The maximum Gasteiger partial charge on any atom is 0.123 e. The van der Waals surface area contributed by atoms with Crippen molar-refractivity contribution in [1.29, 1.82) is 5.26 Å². The molecule has 1 fully saturated rings. The lowest BCUT2D eigenvalue weighted by atomic mass is 9.67. The van der Waals surface area contributed by atoms with Crippen molar-refractivity contribution in [2.45, 2.75) is 64.9 Å². The summed E-state index contributed by atoms with van der Waals surface area (Å²) >= 11 is 0. The van der Waals surface area contributed by atoms with E-state index in [4.69, 9.17) is 4.74 Å². The topological polar surface area (TPSA) is 33.0 Å². The lowest BCUT2D eigenvalue weighted by Crippen LogP contribution is -2.32. The highest BCUT2D eigenvalue weighted by molar-refractivity contribution is 5.40. The van der Waals surface area contributed by atoms with Crippen molar-refractivity contribution >= 4 is 0 Å². The minimum Gasteiger partial charge on any atom is -0.490 e. The van der Waals surface area contributed by atoms with Gasteiger partial charge in [-0.25, -0.2) is 0 Å².